The highest BCUT2D eigenvalue weighted by Crippen LogP contribution is 2.25. The highest BCUT2D eigenvalue weighted by Gasteiger charge is 2.33. The molecule has 0 aliphatic rings. The molecule has 0 saturated carbocycles. The van der Waals surface area contributed by atoms with E-state index in [1.54, 1.807) is 0 Å². The van der Waals surface area contributed by atoms with Gasteiger partial charge in [-0.1, -0.05) is 58.6 Å². The molecule has 2 aromatic rings. The van der Waals surface area contributed by atoms with Crippen LogP contribution in [0.2, 0.25) is 0 Å². The summed E-state index contributed by atoms with van der Waals surface area (Å²) in [6, 6.07) is 16.1. The average molecular weight is 383 g/mol. The summed E-state index contributed by atoms with van der Waals surface area (Å²) in [7, 11) is -7.62. The van der Waals surface area contributed by atoms with Crippen LogP contribution in [0, 0.1) is 6.92 Å². The Labute approximate surface area is 148 Å². The van der Waals surface area contributed by atoms with E-state index < -0.39 is 23.8 Å². The molecule has 2 rings (SSSR count). The molecule has 2 atom stereocenters. The van der Waals surface area contributed by atoms with Gasteiger partial charge in [-0.05, 0) is 42.9 Å². The van der Waals surface area contributed by atoms with Crippen molar-refractivity contribution in [3.63, 3.8) is 0 Å². The molecule has 2 unspecified atom stereocenters. The minimum Gasteiger partial charge on any atom is -0.283 e. The Hall–Kier alpha value is -1.63. The molecule has 0 aromatic heterocycles. The second-order valence-corrected chi connectivity index (χ2v) is 7.99. The van der Waals surface area contributed by atoms with E-state index in [0.717, 1.165) is 16.7 Å². The van der Waals surface area contributed by atoms with Crippen LogP contribution in [0.1, 0.15) is 24.0 Å². The summed E-state index contributed by atoms with van der Waals surface area (Å²) >= 11 is 0. The van der Waals surface area contributed by atoms with Crippen LogP contribution in [0.25, 0.3) is 11.1 Å². The summed E-state index contributed by atoms with van der Waals surface area (Å²) in [5.41, 5.74) is 2.70. The van der Waals surface area contributed by atoms with Gasteiger partial charge in [0.15, 0.2) is 0 Å². The molecule has 2 aromatic carbocycles. The maximum Gasteiger partial charge on any atom is 0.696 e. The van der Waals surface area contributed by atoms with Crippen molar-refractivity contribution in [2.75, 3.05) is 0 Å². The SMILES string of the molecule is Cc1ccc(-c2ccc(CCCC(O[P+](=O)O)S(=O)(=O)O)cc2)cc1. The molecule has 0 radical (unpaired) electrons. The van der Waals surface area contributed by atoms with Crippen molar-refractivity contribution in [3.05, 3.63) is 59.7 Å². The Bertz CT molecular complexity index is 815. The first-order valence-corrected chi connectivity index (χ1v) is 10.3. The maximum atomic E-state index is 11.1. The van der Waals surface area contributed by atoms with Gasteiger partial charge in [-0.2, -0.15) is 8.42 Å². The Kier molecular flexibility index (Phi) is 6.81. The summed E-state index contributed by atoms with van der Waals surface area (Å²) in [4.78, 5) is 8.67. The van der Waals surface area contributed by atoms with Gasteiger partial charge in [-0.25, -0.2) is 0 Å². The normalized spacial score (nSPS) is 13.5. The Morgan fingerprint density at radius 1 is 1.04 bits per heavy atom. The Morgan fingerprint density at radius 2 is 1.56 bits per heavy atom. The fourth-order valence-electron chi connectivity index (χ4n) is 2.44. The predicted molar refractivity (Wildman–Crippen MR) is 95.8 cm³/mol. The zero-order chi connectivity index (χ0) is 18.4. The topological polar surface area (TPSA) is 101 Å². The maximum absolute atomic E-state index is 11.1. The van der Waals surface area contributed by atoms with E-state index in [0.29, 0.717) is 12.8 Å². The molecular formula is C17H20O6PS+. The van der Waals surface area contributed by atoms with Crippen molar-refractivity contribution in [3.8, 4) is 11.1 Å². The second-order valence-electron chi connectivity index (χ2n) is 5.74. The van der Waals surface area contributed by atoms with E-state index in [4.69, 9.17) is 9.45 Å². The van der Waals surface area contributed by atoms with Gasteiger partial charge in [0.1, 0.15) is 0 Å². The van der Waals surface area contributed by atoms with Crippen LogP contribution in [-0.2, 0) is 25.6 Å². The lowest BCUT2D eigenvalue weighted by Gasteiger charge is -2.08. The van der Waals surface area contributed by atoms with Crippen molar-refractivity contribution >= 4 is 18.4 Å². The lowest BCUT2D eigenvalue weighted by molar-refractivity contribution is 0.225. The summed E-state index contributed by atoms with van der Waals surface area (Å²) in [5, 5.41) is 0. The first kappa shape index (κ1) is 19.7. The minimum absolute atomic E-state index is 0.0693. The van der Waals surface area contributed by atoms with E-state index in [2.05, 4.69) is 16.7 Å². The molecule has 0 aliphatic carbocycles. The van der Waals surface area contributed by atoms with E-state index >= 15 is 0 Å². The van der Waals surface area contributed by atoms with Crippen molar-refractivity contribution < 1.29 is 27.0 Å². The predicted octanol–water partition coefficient (Wildman–Crippen LogP) is 3.86. The average Bonchev–Trinajstić information content (AvgIpc) is 2.54. The Morgan fingerprint density at radius 3 is 2.04 bits per heavy atom. The fraction of sp³-hybridized carbons (Fsp3) is 0.294. The zero-order valence-corrected chi connectivity index (χ0v) is 15.4. The third kappa shape index (κ3) is 6.30. The van der Waals surface area contributed by atoms with E-state index in [1.807, 2.05) is 43.3 Å². The van der Waals surface area contributed by atoms with Gasteiger partial charge < -0.3 is 0 Å². The lowest BCUT2D eigenvalue weighted by atomic mass is 10.0. The number of hydrogen-bond donors (Lipinski definition) is 2. The van der Waals surface area contributed by atoms with Crippen molar-refractivity contribution in [2.45, 2.75) is 31.6 Å². The smallest absolute Gasteiger partial charge is 0.283 e. The largest absolute Gasteiger partial charge is 0.696 e. The van der Waals surface area contributed by atoms with Gasteiger partial charge in [0.2, 0.25) is 5.44 Å². The van der Waals surface area contributed by atoms with Crippen LogP contribution in [0.15, 0.2) is 48.5 Å². The highest BCUT2D eigenvalue weighted by molar-refractivity contribution is 7.86. The standard InChI is InChI=1S/C17H19O6PS/c1-13-5-9-15(10-6-13)16-11-7-14(8-12-16)3-2-4-17(23-24(18)19)25(20,21)22/h5-12,17H,2-4H2,1H3,(H-,18,19,20,21,22)/p+1. The van der Waals surface area contributed by atoms with Crippen LogP contribution >= 0.6 is 8.25 Å². The van der Waals surface area contributed by atoms with Crippen molar-refractivity contribution in [1.29, 1.82) is 0 Å². The van der Waals surface area contributed by atoms with Gasteiger partial charge in [-0.15, -0.1) is 4.89 Å². The summed E-state index contributed by atoms with van der Waals surface area (Å²) < 4.78 is 46.3. The molecule has 0 heterocycles. The quantitative estimate of drug-likeness (QED) is 0.530. The van der Waals surface area contributed by atoms with Crippen LogP contribution in [0.3, 0.4) is 0 Å². The summed E-state index contributed by atoms with van der Waals surface area (Å²) in [5.74, 6) is 0. The van der Waals surface area contributed by atoms with Gasteiger partial charge in [0, 0.05) is 4.57 Å². The van der Waals surface area contributed by atoms with Crippen molar-refractivity contribution in [1.82, 2.24) is 0 Å². The number of rotatable bonds is 8. The molecule has 6 nitrogen and oxygen atoms in total. The molecule has 0 aliphatic heterocycles. The molecule has 2 N–H and O–H groups in total. The van der Waals surface area contributed by atoms with Crippen LogP contribution < -0.4 is 0 Å². The molecule has 25 heavy (non-hydrogen) atoms. The lowest BCUT2D eigenvalue weighted by Crippen LogP contribution is -2.21. The molecule has 0 amide bonds. The Balaban J connectivity index is 1.95. The molecule has 0 fully saturated rings. The number of aryl methyl sites for hydroxylation is 2. The van der Waals surface area contributed by atoms with Gasteiger partial charge >= 0.3 is 8.25 Å². The first-order chi connectivity index (χ1) is 11.8. The molecule has 134 valence electrons. The second kappa shape index (κ2) is 8.65. The number of benzene rings is 2. The van der Waals surface area contributed by atoms with Crippen LogP contribution in [0.5, 0.6) is 0 Å². The van der Waals surface area contributed by atoms with E-state index in [1.165, 1.54) is 5.56 Å². The molecular weight excluding hydrogens is 363 g/mol. The van der Waals surface area contributed by atoms with Gasteiger partial charge in [-0.3, -0.25) is 4.55 Å². The van der Waals surface area contributed by atoms with E-state index in [-0.39, 0.29) is 6.42 Å². The molecule has 0 saturated heterocycles. The van der Waals surface area contributed by atoms with E-state index in [9.17, 15) is 13.0 Å². The molecule has 8 heteroatoms. The van der Waals surface area contributed by atoms with Gasteiger partial charge in [0.05, 0.1) is 0 Å². The third-order valence-electron chi connectivity index (χ3n) is 3.78. The first-order valence-electron chi connectivity index (χ1n) is 7.71. The zero-order valence-electron chi connectivity index (χ0n) is 13.7. The summed E-state index contributed by atoms with van der Waals surface area (Å²) in [6.45, 7) is 2.03. The number of hydrogen-bond acceptors (Lipinski definition) is 4. The third-order valence-corrected chi connectivity index (χ3v) is 5.36. The monoisotopic (exact) mass is 383 g/mol. The fourth-order valence-corrected chi connectivity index (χ4v) is 3.87. The van der Waals surface area contributed by atoms with Crippen LogP contribution in [0.4, 0.5) is 0 Å². The van der Waals surface area contributed by atoms with Crippen LogP contribution in [-0.4, -0.2) is 23.3 Å². The molecule has 0 spiro atoms. The molecule has 0 bridgehead atoms. The van der Waals surface area contributed by atoms with Crippen molar-refractivity contribution in [2.24, 2.45) is 0 Å². The minimum atomic E-state index is -4.53. The van der Waals surface area contributed by atoms with Gasteiger partial charge in [0.25, 0.3) is 10.1 Å². The highest BCUT2D eigenvalue weighted by atomic mass is 32.2. The summed E-state index contributed by atoms with van der Waals surface area (Å²) in [6.07, 6.45) is 0.878.